The van der Waals surface area contributed by atoms with Gasteiger partial charge in [-0.1, -0.05) is 42.9 Å². The van der Waals surface area contributed by atoms with Crippen LogP contribution in [-0.4, -0.2) is 23.6 Å². The van der Waals surface area contributed by atoms with E-state index in [1.54, 1.807) is 28.8 Å². The summed E-state index contributed by atoms with van der Waals surface area (Å²) in [5.74, 6) is -0.411. The van der Waals surface area contributed by atoms with Crippen molar-refractivity contribution in [2.45, 2.75) is 26.3 Å². The minimum absolute atomic E-state index is 0.00967. The molecule has 27 heavy (non-hydrogen) atoms. The average molecular weight is 403 g/mol. The molecule has 140 valence electrons. The van der Waals surface area contributed by atoms with E-state index in [1.165, 1.54) is 24.0 Å². The fourth-order valence-corrected chi connectivity index (χ4v) is 3.83. The summed E-state index contributed by atoms with van der Waals surface area (Å²) in [6.07, 6.45) is 0. The highest BCUT2D eigenvalue weighted by molar-refractivity contribution is 7.16. The van der Waals surface area contributed by atoms with Gasteiger partial charge in [0.15, 0.2) is 4.80 Å². The highest BCUT2D eigenvalue weighted by Crippen LogP contribution is 2.23. The topological polar surface area (TPSA) is 60.7 Å². The molecule has 0 fully saturated rings. The Kier molecular flexibility index (Phi) is 5.77. The number of hydrogen-bond acceptors (Lipinski definition) is 4. The molecule has 7 heteroatoms. The third kappa shape index (κ3) is 4.28. The summed E-state index contributed by atoms with van der Waals surface area (Å²) in [6, 6.07) is 12.6. The van der Waals surface area contributed by atoms with Gasteiger partial charge in [-0.15, -0.1) is 0 Å². The predicted octanol–water partition coefficient (Wildman–Crippen LogP) is 4.39. The normalized spacial score (nSPS) is 12.0. The van der Waals surface area contributed by atoms with Crippen molar-refractivity contribution < 1.29 is 14.3 Å². The maximum absolute atomic E-state index is 12.6. The molecule has 5 nitrogen and oxygen atoms in total. The van der Waals surface area contributed by atoms with Gasteiger partial charge >= 0.3 is 5.97 Å². The number of nitrogens with zero attached hydrogens (tertiary/aromatic N) is 2. The minimum atomic E-state index is -0.400. The van der Waals surface area contributed by atoms with Gasteiger partial charge in [-0.05, 0) is 47.9 Å². The van der Waals surface area contributed by atoms with Crippen LogP contribution in [0.1, 0.15) is 35.7 Å². The highest BCUT2D eigenvalue weighted by atomic mass is 35.5. The lowest BCUT2D eigenvalue weighted by Gasteiger charge is -2.06. The van der Waals surface area contributed by atoms with Crippen molar-refractivity contribution in [3.63, 3.8) is 0 Å². The molecule has 0 saturated heterocycles. The quantitative estimate of drug-likeness (QED) is 0.608. The molecule has 0 radical (unpaired) electrons. The number of carbonyl (C=O) groups excluding carboxylic acids is 2. The summed E-state index contributed by atoms with van der Waals surface area (Å²) in [7, 11) is 1.34. The third-order valence-electron chi connectivity index (χ3n) is 4.18. The second-order valence-corrected chi connectivity index (χ2v) is 7.80. The first kappa shape index (κ1) is 19.3. The Balaban J connectivity index is 2.14. The lowest BCUT2D eigenvalue weighted by Crippen LogP contribution is -2.22. The summed E-state index contributed by atoms with van der Waals surface area (Å²) in [5.41, 5.74) is 2.46. The van der Waals surface area contributed by atoms with E-state index in [9.17, 15) is 9.59 Å². The lowest BCUT2D eigenvalue weighted by atomic mass is 10.0. The van der Waals surface area contributed by atoms with Crippen LogP contribution >= 0.6 is 22.9 Å². The monoisotopic (exact) mass is 402 g/mol. The molecule has 0 spiro atoms. The van der Waals surface area contributed by atoms with E-state index in [0.29, 0.717) is 21.3 Å². The molecule has 0 aliphatic carbocycles. The second-order valence-electron chi connectivity index (χ2n) is 6.35. The molecule has 0 aliphatic rings. The summed E-state index contributed by atoms with van der Waals surface area (Å²) < 4.78 is 7.47. The van der Waals surface area contributed by atoms with Gasteiger partial charge in [0.05, 0.1) is 17.3 Å². The number of methoxy groups -OCH3 is 1. The number of halogens is 1. The van der Waals surface area contributed by atoms with Crippen LogP contribution in [0.4, 0.5) is 0 Å². The first-order valence-electron chi connectivity index (χ1n) is 8.43. The van der Waals surface area contributed by atoms with Gasteiger partial charge in [0.2, 0.25) is 0 Å². The Bertz CT molecular complexity index is 1070. The zero-order valence-electron chi connectivity index (χ0n) is 15.2. The molecule has 0 N–H and O–H groups in total. The molecule has 0 aliphatic heterocycles. The molecule has 3 rings (SSSR count). The fourth-order valence-electron chi connectivity index (χ4n) is 2.62. The standard InChI is InChI=1S/C20H19ClN2O3S/c1-12(2)14-6-9-16-17(10-14)27-20(23(16)11-18(24)26-3)22-19(25)13-4-7-15(21)8-5-13/h4-10,12H,11H2,1-3H3. The van der Waals surface area contributed by atoms with Gasteiger partial charge in [-0.3, -0.25) is 9.59 Å². The first-order valence-corrected chi connectivity index (χ1v) is 9.63. The fraction of sp³-hybridized carbons (Fsp3) is 0.250. The number of aromatic nitrogens is 1. The van der Waals surface area contributed by atoms with E-state index in [1.807, 2.05) is 12.1 Å². The number of ether oxygens (including phenoxy) is 1. The lowest BCUT2D eigenvalue weighted by molar-refractivity contribution is -0.141. The molecular formula is C20H19ClN2O3S. The maximum atomic E-state index is 12.6. The van der Waals surface area contributed by atoms with Crippen LogP contribution in [0.2, 0.25) is 5.02 Å². The molecule has 3 aromatic rings. The van der Waals surface area contributed by atoms with Gasteiger partial charge in [-0.25, -0.2) is 0 Å². The molecule has 0 bridgehead atoms. The Hall–Kier alpha value is -2.44. The van der Waals surface area contributed by atoms with Crippen LogP contribution in [-0.2, 0) is 16.1 Å². The van der Waals surface area contributed by atoms with E-state index in [0.717, 1.165) is 10.2 Å². The molecule has 0 atom stereocenters. The summed E-state index contributed by atoms with van der Waals surface area (Å²) in [4.78, 5) is 29.1. The number of hydrogen-bond donors (Lipinski definition) is 0. The number of esters is 1. The van der Waals surface area contributed by atoms with E-state index >= 15 is 0 Å². The Morgan fingerprint density at radius 3 is 2.52 bits per heavy atom. The van der Waals surface area contributed by atoms with Crippen molar-refractivity contribution in [1.29, 1.82) is 0 Å². The Labute approximate surface area is 165 Å². The maximum Gasteiger partial charge on any atom is 0.325 e. The molecule has 2 aromatic carbocycles. The Morgan fingerprint density at radius 1 is 1.19 bits per heavy atom. The smallest absolute Gasteiger partial charge is 0.325 e. The van der Waals surface area contributed by atoms with Gasteiger partial charge in [0, 0.05) is 10.6 Å². The van der Waals surface area contributed by atoms with E-state index in [4.69, 9.17) is 16.3 Å². The molecular weight excluding hydrogens is 384 g/mol. The third-order valence-corrected chi connectivity index (χ3v) is 5.47. The molecule has 1 aromatic heterocycles. The SMILES string of the molecule is COC(=O)Cn1c(=NC(=O)c2ccc(Cl)cc2)sc2cc(C(C)C)ccc21. The van der Waals surface area contributed by atoms with E-state index in [-0.39, 0.29) is 12.5 Å². The van der Waals surface area contributed by atoms with Crippen LogP contribution in [0.3, 0.4) is 0 Å². The van der Waals surface area contributed by atoms with Crippen LogP contribution in [0.15, 0.2) is 47.5 Å². The molecule has 0 saturated carbocycles. The van der Waals surface area contributed by atoms with Crippen LogP contribution in [0.5, 0.6) is 0 Å². The zero-order chi connectivity index (χ0) is 19.6. The second kappa shape index (κ2) is 8.06. The largest absolute Gasteiger partial charge is 0.468 e. The van der Waals surface area contributed by atoms with E-state index < -0.39 is 5.97 Å². The van der Waals surface area contributed by atoms with Crippen molar-refractivity contribution >= 4 is 45.0 Å². The van der Waals surface area contributed by atoms with Crippen molar-refractivity contribution in [3.8, 4) is 0 Å². The van der Waals surface area contributed by atoms with Crippen molar-refractivity contribution in [2.75, 3.05) is 7.11 Å². The van der Waals surface area contributed by atoms with Gasteiger partial charge in [0.25, 0.3) is 5.91 Å². The number of benzene rings is 2. The number of fused-ring (bicyclic) bond motifs is 1. The summed E-state index contributed by atoms with van der Waals surface area (Å²) >= 11 is 7.25. The summed E-state index contributed by atoms with van der Waals surface area (Å²) in [6.45, 7) is 4.23. The van der Waals surface area contributed by atoms with Crippen molar-refractivity contribution in [3.05, 3.63) is 63.4 Å². The van der Waals surface area contributed by atoms with Gasteiger partial charge in [0.1, 0.15) is 6.54 Å². The first-order chi connectivity index (χ1) is 12.9. The predicted molar refractivity (Wildman–Crippen MR) is 107 cm³/mol. The Morgan fingerprint density at radius 2 is 1.89 bits per heavy atom. The van der Waals surface area contributed by atoms with E-state index in [2.05, 4.69) is 24.9 Å². The number of thiazole rings is 1. The number of carbonyl (C=O) groups is 2. The van der Waals surface area contributed by atoms with Gasteiger partial charge < -0.3 is 9.30 Å². The van der Waals surface area contributed by atoms with Gasteiger partial charge in [-0.2, -0.15) is 4.99 Å². The summed E-state index contributed by atoms with van der Waals surface area (Å²) in [5, 5.41) is 0.551. The molecule has 0 unspecified atom stereocenters. The number of rotatable bonds is 4. The van der Waals surface area contributed by atoms with Crippen LogP contribution in [0.25, 0.3) is 10.2 Å². The number of amides is 1. The zero-order valence-corrected chi connectivity index (χ0v) is 16.8. The average Bonchev–Trinajstić information content (AvgIpc) is 2.98. The van der Waals surface area contributed by atoms with Crippen molar-refractivity contribution in [1.82, 2.24) is 4.57 Å². The molecule has 1 amide bonds. The van der Waals surface area contributed by atoms with Crippen LogP contribution < -0.4 is 4.80 Å². The van der Waals surface area contributed by atoms with Crippen molar-refractivity contribution in [2.24, 2.45) is 4.99 Å². The molecule has 1 heterocycles. The minimum Gasteiger partial charge on any atom is -0.468 e. The highest BCUT2D eigenvalue weighted by Gasteiger charge is 2.13. The van der Waals surface area contributed by atoms with Crippen LogP contribution in [0, 0.1) is 0 Å².